The van der Waals surface area contributed by atoms with E-state index in [1.165, 1.54) is 5.56 Å². The summed E-state index contributed by atoms with van der Waals surface area (Å²) in [5.74, 6) is 0.942. The van der Waals surface area contributed by atoms with Gasteiger partial charge in [-0.1, -0.05) is 17.7 Å². The van der Waals surface area contributed by atoms with Gasteiger partial charge < -0.3 is 15.4 Å². The van der Waals surface area contributed by atoms with Gasteiger partial charge in [0.25, 0.3) is 0 Å². The number of nitrogens with zero attached hydrogens (tertiary/aromatic N) is 2. The number of piperazine rings is 1. The molecule has 4 nitrogen and oxygen atoms in total. The Labute approximate surface area is 122 Å². The highest BCUT2D eigenvalue weighted by Gasteiger charge is 2.20. The zero-order chi connectivity index (χ0) is 14.7. The highest BCUT2D eigenvalue weighted by Crippen LogP contribution is 2.29. The summed E-state index contributed by atoms with van der Waals surface area (Å²) in [6, 6.07) is 4.31. The van der Waals surface area contributed by atoms with Gasteiger partial charge in [0.05, 0.1) is 7.11 Å². The first-order valence-corrected chi connectivity index (χ1v) is 7.33. The maximum atomic E-state index is 6.44. The molecule has 1 heterocycles. The topological polar surface area (TPSA) is 41.7 Å². The van der Waals surface area contributed by atoms with E-state index in [2.05, 4.69) is 42.8 Å². The Balaban J connectivity index is 2.10. The zero-order valence-corrected chi connectivity index (χ0v) is 13.1. The van der Waals surface area contributed by atoms with Crippen LogP contribution in [0.2, 0.25) is 0 Å². The van der Waals surface area contributed by atoms with Gasteiger partial charge >= 0.3 is 0 Å². The van der Waals surface area contributed by atoms with E-state index >= 15 is 0 Å². The van der Waals surface area contributed by atoms with Crippen LogP contribution >= 0.6 is 0 Å². The van der Waals surface area contributed by atoms with Crippen molar-refractivity contribution in [3.63, 3.8) is 0 Å². The molecule has 0 saturated carbocycles. The number of hydrogen-bond acceptors (Lipinski definition) is 4. The summed E-state index contributed by atoms with van der Waals surface area (Å²) in [6.45, 7) is 9.52. The third-order valence-electron chi connectivity index (χ3n) is 4.10. The second-order valence-electron chi connectivity index (χ2n) is 5.91. The van der Waals surface area contributed by atoms with Gasteiger partial charge in [0, 0.05) is 44.3 Å². The minimum atomic E-state index is 0.00644. The Morgan fingerprint density at radius 1 is 1.20 bits per heavy atom. The first kappa shape index (κ1) is 15.3. The predicted octanol–water partition coefficient (Wildman–Crippen LogP) is 1.56. The highest BCUT2D eigenvalue weighted by molar-refractivity contribution is 5.45. The fraction of sp³-hybridized carbons (Fsp3) is 0.625. The number of nitrogens with two attached hydrogens (primary N) is 1. The van der Waals surface area contributed by atoms with Gasteiger partial charge in [-0.05, 0) is 26.5 Å². The predicted molar refractivity (Wildman–Crippen MR) is 83.3 cm³/mol. The summed E-state index contributed by atoms with van der Waals surface area (Å²) >= 11 is 0. The van der Waals surface area contributed by atoms with Crippen molar-refractivity contribution >= 4 is 0 Å². The molecule has 1 aliphatic rings. The van der Waals surface area contributed by atoms with Crippen molar-refractivity contribution in [1.82, 2.24) is 9.80 Å². The molecule has 1 aromatic carbocycles. The van der Waals surface area contributed by atoms with Gasteiger partial charge in [0.15, 0.2) is 0 Å². The van der Waals surface area contributed by atoms with Crippen molar-refractivity contribution in [2.75, 3.05) is 46.9 Å². The highest BCUT2D eigenvalue weighted by atomic mass is 16.5. The number of methoxy groups -OCH3 is 1. The van der Waals surface area contributed by atoms with Gasteiger partial charge in [0.1, 0.15) is 5.75 Å². The summed E-state index contributed by atoms with van der Waals surface area (Å²) in [6.07, 6.45) is 0. The largest absolute Gasteiger partial charge is 0.496 e. The lowest BCUT2D eigenvalue weighted by Crippen LogP contribution is -2.46. The van der Waals surface area contributed by atoms with E-state index < -0.39 is 0 Å². The minimum absolute atomic E-state index is 0.00644. The molecule has 0 bridgehead atoms. The molecule has 112 valence electrons. The first-order chi connectivity index (χ1) is 9.51. The Kier molecular flexibility index (Phi) is 5.02. The summed E-state index contributed by atoms with van der Waals surface area (Å²) in [7, 11) is 3.90. The van der Waals surface area contributed by atoms with Gasteiger partial charge in [-0.15, -0.1) is 0 Å². The number of aryl methyl sites for hydroxylation is 2. The lowest BCUT2D eigenvalue weighted by Gasteiger charge is -2.34. The Bertz CT molecular complexity index is 453. The third kappa shape index (κ3) is 3.51. The number of benzene rings is 1. The van der Waals surface area contributed by atoms with E-state index in [1.807, 2.05) is 0 Å². The SMILES string of the molecule is COc1c(C)cc(C)cc1C(N)CN1CCN(C)CC1. The van der Waals surface area contributed by atoms with Gasteiger partial charge in [-0.3, -0.25) is 4.90 Å². The molecule has 0 aromatic heterocycles. The summed E-state index contributed by atoms with van der Waals surface area (Å²) in [4.78, 5) is 4.81. The van der Waals surface area contributed by atoms with E-state index in [4.69, 9.17) is 10.5 Å². The summed E-state index contributed by atoms with van der Waals surface area (Å²) in [5, 5.41) is 0. The maximum absolute atomic E-state index is 6.44. The van der Waals surface area contributed by atoms with E-state index in [9.17, 15) is 0 Å². The number of hydrogen-bond donors (Lipinski definition) is 1. The zero-order valence-electron chi connectivity index (χ0n) is 13.1. The van der Waals surface area contributed by atoms with Crippen LogP contribution in [0.25, 0.3) is 0 Å². The molecule has 1 aliphatic heterocycles. The summed E-state index contributed by atoms with van der Waals surface area (Å²) < 4.78 is 5.55. The van der Waals surface area contributed by atoms with Crippen LogP contribution in [-0.4, -0.2) is 56.7 Å². The number of rotatable bonds is 4. The molecule has 1 aromatic rings. The Morgan fingerprint density at radius 2 is 1.85 bits per heavy atom. The summed E-state index contributed by atoms with van der Waals surface area (Å²) in [5.41, 5.74) is 9.97. The van der Waals surface area contributed by atoms with Gasteiger partial charge in [-0.25, -0.2) is 0 Å². The fourth-order valence-corrected chi connectivity index (χ4v) is 2.95. The normalized spacial score (nSPS) is 19.1. The Morgan fingerprint density at radius 3 is 2.45 bits per heavy atom. The maximum Gasteiger partial charge on any atom is 0.126 e. The molecule has 1 fully saturated rings. The van der Waals surface area contributed by atoms with Gasteiger partial charge in [-0.2, -0.15) is 0 Å². The third-order valence-corrected chi connectivity index (χ3v) is 4.10. The molecule has 0 amide bonds. The molecule has 4 heteroatoms. The molecule has 0 aliphatic carbocycles. The second kappa shape index (κ2) is 6.57. The second-order valence-corrected chi connectivity index (χ2v) is 5.91. The monoisotopic (exact) mass is 277 g/mol. The number of likely N-dealkylation sites (N-methyl/N-ethyl adjacent to an activating group) is 1. The van der Waals surface area contributed by atoms with Crippen molar-refractivity contribution in [3.8, 4) is 5.75 Å². The minimum Gasteiger partial charge on any atom is -0.496 e. The molecule has 0 radical (unpaired) electrons. The fourth-order valence-electron chi connectivity index (χ4n) is 2.95. The van der Waals surface area contributed by atoms with Crippen LogP contribution in [0.1, 0.15) is 22.7 Å². The van der Waals surface area contributed by atoms with Crippen molar-refractivity contribution in [3.05, 3.63) is 28.8 Å². The smallest absolute Gasteiger partial charge is 0.126 e. The molecular formula is C16H27N3O. The molecule has 2 rings (SSSR count). The molecule has 0 spiro atoms. The number of ether oxygens (including phenoxy) is 1. The van der Waals surface area contributed by atoms with Crippen molar-refractivity contribution in [2.45, 2.75) is 19.9 Å². The quantitative estimate of drug-likeness (QED) is 0.907. The standard InChI is InChI=1S/C16H27N3O/c1-12-9-13(2)16(20-4)14(10-12)15(17)11-19-7-5-18(3)6-8-19/h9-10,15H,5-8,11,17H2,1-4H3. The lowest BCUT2D eigenvalue weighted by atomic mass is 9.99. The van der Waals surface area contributed by atoms with Crippen LogP contribution in [0.3, 0.4) is 0 Å². The first-order valence-electron chi connectivity index (χ1n) is 7.33. The van der Waals surface area contributed by atoms with E-state index in [-0.39, 0.29) is 6.04 Å². The van der Waals surface area contributed by atoms with Gasteiger partial charge in [0.2, 0.25) is 0 Å². The molecular weight excluding hydrogens is 250 g/mol. The molecule has 1 atom stereocenters. The average Bonchev–Trinajstić information content (AvgIpc) is 2.40. The van der Waals surface area contributed by atoms with E-state index in [0.717, 1.165) is 49.6 Å². The van der Waals surface area contributed by atoms with Crippen LogP contribution in [-0.2, 0) is 0 Å². The molecule has 20 heavy (non-hydrogen) atoms. The van der Waals surface area contributed by atoms with Crippen LogP contribution in [0, 0.1) is 13.8 Å². The van der Waals surface area contributed by atoms with Crippen LogP contribution in [0.5, 0.6) is 5.75 Å². The van der Waals surface area contributed by atoms with Crippen molar-refractivity contribution in [2.24, 2.45) is 5.73 Å². The van der Waals surface area contributed by atoms with E-state index in [1.54, 1.807) is 7.11 Å². The Hall–Kier alpha value is -1.10. The van der Waals surface area contributed by atoms with Crippen molar-refractivity contribution in [1.29, 1.82) is 0 Å². The average molecular weight is 277 g/mol. The molecule has 2 N–H and O–H groups in total. The van der Waals surface area contributed by atoms with Crippen molar-refractivity contribution < 1.29 is 4.74 Å². The van der Waals surface area contributed by atoms with Crippen LogP contribution in [0.4, 0.5) is 0 Å². The van der Waals surface area contributed by atoms with E-state index in [0.29, 0.717) is 0 Å². The van der Waals surface area contributed by atoms with Crippen LogP contribution in [0.15, 0.2) is 12.1 Å². The van der Waals surface area contributed by atoms with Crippen LogP contribution < -0.4 is 10.5 Å². The molecule has 1 saturated heterocycles. The lowest BCUT2D eigenvalue weighted by molar-refractivity contribution is 0.147. The molecule has 1 unspecified atom stereocenters.